The lowest BCUT2D eigenvalue weighted by Gasteiger charge is -2.33. The number of likely N-dealkylation sites (tertiary alicyclic amines) is 1. The van der Waals surface area contributed by atoms with E-state index >= 15 is 0 Å². The van der Waals surface area contributed by atoms with E-state index in [4.69, 9.17) is 0 Å². The molecular weight excluding hydrogens is 312 g/mol. The maximum atomic E-state index is 4.49. The number of hydrogen-bond donors (Lipinski definition) is 2. The Kier molecular flexibility index (Phi) is 4.68. The van der Waals surface area contributed by atoms with Crippen LogP contribution in [0.2, 0.25) is 0 Å². The van der Waals surface area contributed by atoms with Crippen molar-refractivity contribution in [2.24, 2.45) is 10.9 Å². The van der Waals surface area contributed by atoms with Gasteiger partial charge in [-0.05, 0) is 36.7 Å². The molecule has 2 atom stereocenters. The molecule has 1 aromatic carbocycles. The first-order valence-corrected chi connectivity index (χ1v) is 9.21. The molecule has 2 heterocycles. The van der Waals surface area contributed by atoms with Crippen LogP contribution in [-0.2, 0) is 0 Å². The Morgan fingerprint density at radius 2 is 2.08 bits per heavy atom. The first-order valence-electron chi connectivity index (χ1n) is 9.21. The molecule has 2 aromatic rings. The zero-order valence-corrected chi connectivity index (χ0v) is 14.7. The van der Waals surface area contributed by atoms with Gasteiger partial charge >= 0.3 is 0 Å². The SMILES string of the molecule is CN=C(NCC1CC1c1ccccc1)N1CCC(c2ncn[nH]2)CC1. The highest BCUT2D eigenvalue weighted by Crippen LogP contribution is 2.46. The molecule has 2 unspecified atom stereocenters. The number of piperidine rings is 1. The van der Waals surface area contributed by atoms with Crippen molar-refractivity contribution in [2.45, 2.75) is 31.1 Å². The van der Waals surface area contributed by atoms with Gasteiger partial charge in [0.15, 0.2) is 5.96 Å². The summed E-state index contributed by atoms with van der Waals surface area (Å²) in [5.41, 5.74) is 1.47. The minimum atomic E-state index is 0.489. The number of benzene rings is 1. The van der Waals surface area contributed by atoms with Gasteiger partial charge in [-0.2, -0.15) is 5.10 Å². The predicted molar refractivity (Wildman–Crippen MR) is 98.6 cm³/mol. The van der Waals surface area contributed by atoms with Crippen LogP contribution in [0.3, 0.4) is 0 Å². The van der Waals surface area contributed by atoms with Crippen molar-refractivity contribution in [2.75, 3.05) is 26.7 Å². The monoisotopic (exact) mass is 338 g/mol. The van der Waals surface area contributed by atoms with E-state index in [1.807, 2.05) is 7.05 Å². The number of aromatic amines is 1. The summed E-state index contributed by atoms with van der Waals surface area (Å²) >= 11 is 0. The minimum Gasteiger partial charge on any atom is -0.356 e. The van der Waals surface area contributed by atoms with Crippen LogP contribution < -0.4 is 5.32 Å². The summed E-state index contributed by atoms with van der Waals surface area (Å²) in [6.45, 7) is 3.03. The lowest BCUT2D eigenvalue weighted by Crippen LogP contribution is -2.46. The van der Waals surface area contributed by atoms with Crippen molar-refractivity contribution in [1.29, 1.82) is 0 Å². The number of rotatable bonds is 4. The zero-order valence-electron chi connectivity index (χ0n) is 14.7. The summed E-state index contributed by atoms with van der Waals surface area (Å²) < 4.78 is 0. The highest BCUT2D eigenvalue weighted by Gasteiger charge is 2.38. The van der Waals surface area contributed by atoms with E-state index in [1.54, 1.807) is 6.33 Å². The number of guanidine groups is 1. The molecule has 2 aliphatic rings. The van der Waals surface area contributed by atoms with Gasteiger partial charge in [-0.25, -0.2) is 4.98 Å². The second-order valence-electron chi connectivity index (χ2n) is 7.07. The van der Waals surface area contributed by atoms with Gasteiger partial charge in [-0.3, -0.25) is 10.1 Å². The molecule has 0 amide bonds. The Balaban J connectivity index is 1.25. The molecule has 0 bridgehead atoms. The maximum absolute atomic E-state index is 4.49. The number of nitrogens with one attached hydrogen (secondary N) is 2. The molecule has 6 heteroatoms. The van der Waals surface area contributed by atoms with Crippen molar-refractivity contribution < 1.29 is 0 Å². The Hall–Kier alpha value is -2.37. The van der Waals surface area contributed by atoms with Crippen LogP contribution in [0, 0.1) is 5.92 Å². The van der Waals surface area contributed by atoms with Crippen LogP contribution in [0.25, 0.3) is 0 Å². The number of aliphatic imine (C=N–C) groups is 1. The van der Waals surface area contributed by atoms with E-state index in [0.29, 0.717) is 11.8 Å². The fourth-order valence-electron chi connectivity index (χ4n) is 3.91. The molecule has 1 saturated heterocycles. The smallest absolute Gasteiger partial charge is 0.193 e. The Labute approximate surface area is 148 Å². The highest BCUT2D eigenvalue weighted by atomic mass is 15.3. The van der Waals surface area contributed by atoms with Gasteiger partial charge in [0.2, 0.25) is 0 Å². The Morgan fingerprint density at radius 3 is 2.76 bits per heavy atom. The molecule has 1 aliphatic carbocycles. The summed E-state index contributed by atoms with van der Waals surface area (Å²) in [6.07, 6.45) is 5.06. The van der Waals surface area contributed by atoms with E-state index < -0.39 is 0 Å². The van der Waals surface area contributed by atoms with Gasteiger partial charge in [0, 0.05) is 32.6 Å². The molecule has 1 aliphatic heterocycles. The van der Waals surface area contributed by atoms with Crippen molar-refractivity contribution in [3.63, 3.8) is 0 Å². The largest absolute Gasteiger partial charge is 0.356 e. The zero-order chi connectivity index (χ0) is 17.1. The summed E-state index contributed by atoms with van der Waals surface area (Å²) in [5.74, 6) is 3.98. The van der Waals surface area contributed by atoms with Gasteiger partial charge in [0.05, 0.1) is 0 Å². The molecule has 0 radical (unpaired) electrons. The van der Waals surface area contributed by atoms with E-state index in [2.05, 4.69) is 60.7 Å². The molecule has 2 fully saturated rings. The summed E-state index contributed by atoms with van der Waals surface area (Å²) in [6, 6.07) is 10.8. The van der Waals surface area contributed by atoms with E-state index in [9.17, 15) is 0 Å². The molecule has 2 N–H and O–H groups in total. The van der Waals surface area contributed by atoms with Crippen molar-refractivity contribution >= 4 is 5.96 Å². The number of hydrogen-bond acceptors (Lipinski definition) is 3. The highest BCUT2D eigenvalue weighted by molar-refractivity contribution is 5.80. The van der Waals surface area contributed by atoms with E-state index in [0.717, 1.165) is 50.2 Å². The van der Waals surface area contributed by atoms with E-state index in [1.165, 1.54) is 12.0 Å². The molecule has 1 aromatic heterocycles. The second-order valence-corrected chi connectivity index (χ2v) is 7.07. The fourth-order valence-corrected chi connectivity index (χ4v) is 3.91. The first-order chi connectivity index (χ1) is 12.3. The summed E-state index contributed by atoms with van der Waals surface area (Å²) in [5, 5.41) is 10.6. The average Bonchev–Trinajstić information content (AvgIpc) is 3.24. The summed E-state index contributed by atoms with van der Waals surface area (Å²) in [7, 11) is 1.88. The van der Waals surface area contributed by atoms with Crippen LogP contribution in [0.5, 0.6) is 0 Å². The standard InChI is InChI=1S/C19H26N6/c1-20-19(21-12-16-11-17(16)14-5-3-2-4-6-14)25-9-7-15(8-10-25)18-22-13-23-24-18/h2-6,13,15-17H,7-12H2,1H3,(H,20,21)(H,22,23,24). The van der Waals surface area contributed by atoms with Crippen LogP contribution >= 0.6 is 0 Å². The minimum absolute atomic E-state index is 0.489. The molecule has 4 rings (SSSR count). The third-order valence-electron chi connectivity index (χ3n) is 5.50. The van der Waals surface area contributed by atoms with Crippen LogP contribution in [-0.4, -0.2) is 52.7 Å². The third-order valence-corrected chi connectivity index (χ3v) is 5.50. The predicted octanol–water partition coefficient (Wildman–Crippen LogP) is 2.36. The quantitative estimate of drug-likeness (QED) is 0.663. The third kappa shape index (κ3) is 3.67. The fraction of sp³-hybridized carbons (Fsp3) is 0.526. The Bertz CT molecular complexity index is 688. The molecule has 1 saturated carbocycles. The van der Waals surface area contributed by atoms with Crippen molar-refractivity contribution in [3.8, 4) is 0 Å². The normalized spacial score (nSPS) is 24.4. The van der Waals surface area contributed by atoms with Gasteiger partial charge in [-0.15, -0.1) is 0 Å². The number of nitrogens with zero attached hydrogens (tertiary/aromatic N) is 4. The van der Waals surface area contributed by atoms with E-state index in [-0.39, 0.29) is 0 Å². The first kappa shape index (κ1) is 16.1. The van der Waals surface area contributed by atoms with Crippen LogP contribution in [0.1, 0.15) is 42.5 Å². The Morgan fingerprint density at radius 1 is 1.28 bits per heavy atom. The molecular formula is C19H26N6. The average molecular weight is 338 g/mol. The van der Waals surface area contributed by atoms with Gasteiger partial charge in [-0.1, -0.05) is 30.3 Å². The lowest BCUT2D eigenvalue weighted by atomic mass is 9.96. The van der Waals surface area contributed by atoms with Crippen molar-refractivity contribution in [3.05, 3.63) is 48.0 Å². The number of aromatic nitrogens is 3. The van der Waals surface area contributed by atoms with Crippen LogP contribution in [0.15, 0.2) is 41.7 Å². The molecule has 132 valence electrons. The van der Waals surface area contributed by atoms with Crippen molar-refractivity contribution in [1.82, 2.24) is 25.4 Å². The summed E-state index contributed by atoms with van der Waals surface area (Å²) in [4.78, 5) is 11.2. The maximum Gasteiger partial charge on any atom is 0.193 e. The van der Waals surface area contributed by atoms with Gasteiger partial charge < -0.3 is 10.2 Å². The lowest BCUT2D eigenvalue weighted by molar-refractivity contribution is 0.298. The topological polar surface area (TPSA) is 69.2 Å². The number of H-pyrrole nitrogens is 1. The van der Waals surface area contributed by atoms with Gasteiger partial charge in [0.25, 0.3) is 0 Å². The molecule has 25 heavy (non-hydrogen) atoms. The molecule has 6 nitrogen and oxygen atoms in total. The van der Waals surface area contributed by atoms with Crippen LogP contribution in [0.4, 0.5) is 0 Å². The second kappa shape index (κ2) is 7.25. The van der Waals surface area contributed by atoms with Gasteiger partial charge in [0.1, 0.15) is 12.2 Å². The molecule has 0 spiro atoms.